The van der Waals surface area contributed by atoms with Crippen molar-refractivity contribution >= 4 is 11.7 Å². The molecule has 0 spiro atoms. The van der Waals surface area contributed by atoms with Crippen LogP contribution < -0.4 is 9.47 Å². The summed E-state index contributed by atoms with van der Waals surface area (Å²) < 4.78 is 1.24. The summed E-state index contributed by atoms with van der Waals surface area (Å²) in [7, 11) is 3.77. The molecule has 1 rings (SSSR count). The Morgan fingerprint density at radius 2 is 1.87 bits per heavy atom. The third-order valence-corrected chi connectivity index (χ3v) is 2.24. The second kappa shape index (κ2) is 3.86. The molecule has 1 unspecified atom stereocenters. The third-order valence-electron chi connectivity index (χ3n) is 2.24. The molecule has 1 atom stereocenters. The van der Waals surface area contributed by atoms with Gasteiger partial charge in [0.1, 0.15) is 0 Å². The Hall–Kier alpha value is -1.62. The molecule has 1 aromatic rings. The first-order valence-electron chi connectivity index (χ1n) is 4.50. The summed E-state index contributed by atoms with van der Waals surface area (Å²) in [5.41, 5.74) is -0.974. The predicted molar refractivity (Wildman–Crippen MR) is 54.5 cm³/mol. The fourth-order valence-corrected chi connectivity index (χ4v) is 1.12. The van der Waals surface area contributed by atoms with Gasteiger partial charge in [0, 0.05) is 38.8 Å². The van der Waals surface area contributed by atoms with E-state index in [-0.39, 0.29) is 0 Å². The van der Waals surface area contributed by atoms with Gasteiger partial charge in [0.05, 0.1) is 0 Å². The predicted octanol–water partition coefficient (Wildman–Crippen LogP) is -0.210. The normalized spacial score (nSPS) is 14.4. The van der Waals surface area contributed by atoms with Gasteiger partial charge in [-0.2, -0.15) is 4.57 Å². The van der Waals surface area contributed by atoms with Gasteiger partial charge >= 0.3 is 11.7 Å². The molecular formula is C10H15N2O3+. The van der Waals surface area contributed by atoms with Gasteiger partial charge in [-0.25, -0.2) is 4.79 Å². The highest BCUT2D eigenvalue weighted by Crippen LogP contribution is 2.09. The Labute approximate surface area is 88.2 Å². The van der Waals surface area contributed by atoms with Crippen LogP contribution in [-0.4, -0.2) is 30.3 Å². The van der Waals surface area contributed by atoms with Crippen LogP contribution in [0.1, 0.15) is 6.92 Å². The molecule has 0 aliphatic carbocycles. The number of carboxylic acids is 1. The number of hydrogen-bond donors (Lipinski definition) is 2. The fraction of sp³-hybridized carbons (Fsp3) is 0.400. The number of aliphatic hydroxyl groups is 1. The van der Waals surface area contributed by atoms with Crippen LogP contribution >= 0.6 is 0 Å². The van der Waals surface area contributed by atoms with Crippen molar-refractivity contribution in [1.82, 2.24) is 0 Å². The molecule has 0 fully saturated rings. The number of carboxylic acid groups (broad SMARTS) is 1. The molecule has 0 saturated carbocycles. The minimum absolute atomic E-state index is 0.937. The Kier molecular flexibility index (Phi) is 2.95. The van der Waals surface area contributed by atoms with Crippen molar-refractivity contribution in [3.8, 4) is 0 Å². The van der Waals surface area contributed by atoms with Gasteiger partial charge in [-0.1, -0.05) is 0 Å². The van der Waals surface area contributed by atoms with E-state index in [9.17, 15) is 9.90 Å². The van der Waals surface area contributed by atoms with Crippen LogP contribution in [0.3, 0.4) is 0 Å². The molecular weight excluding hydrogens is 196 g/mol. The summed E-state index contributed by atoms with van der Waals surface area (Å²) in [6, 6.07) is 3.47. The second-order valence-corrected chi connectivity index (χ2v) is 3.68. The molecule has 0 bridgehead atoms. The van der Waals surface area contributed by atoms with Gasteiger partial charge in [-0.15, -0.1) is 0 Å². The van der Waals surface area contributed by atoms with Crippen LogP contribution in [0.2, 0.25) is 0 Å². The van der Waals surface area contributed by atoms with Crippen LogP contribution in [0, 0.1) is 0 Å². The van der Waals surface area contributed by atoms with E-state index in [1.54, 1.807) is 12.1 Å². The highest BCUT2D eigenvalue weighted by atomic mass is 16.4. The van der Waals surface area contributed by atoms with Crippen LogP contribution in [0.15, 0.2) is 24.5 Å². The zero-order valence-corrected chi connectivity index (χ0v) is 9.01. The number of hydrogen-bond acceptors (Lipinski definition) is 3. The molecule has 82 valence electrons. The van der Waals surface area contributed by atoms with E-state index in [0.29, 0.717) is 0 Å². The smallest absolute Gasteiger partial charge is 0.406 e. The van der Waals surface area contributed by atoms with Crippen molar-refractivity contribution in [2.24, 2.45) is 0 Å². The zero-order valence-electron chi connectivity index (χ0n) is 9.01. The number of aromatic nitrogens is 1. The van der Waals surface area contributed by atoms with Crippen molar-refractivity contribution in [2.45, 2.75) is 12.6 Å². The molecule has 0 aliphatic rings. The van der Waals surface area contributed by atoms with Crippen LogP contribution in [0.4, 0.5) is 5.69 Å². The standard InChI is InChI=1S/C10H14N2O3/c1-10(15,9(13)14)12-6-4-8(5-7-12)11(2)3/h4-7,15H,1-3H3/p+1. The molecule has 0 saturated heterocycles. The van der Waals surface area contributed by atoms with Crippen molar-refractivity contribution in [1.29, 1.82) is 0 Å². The van der Waals surface area contributed by atoms with E-state index in [0.717, 1.165) is 5.69 Å². The first-order valence-corrected chi connectivity index (χ1v) is 4.50. The first-order chi connectivity index (χ1) is 6.85. The number of aliphatic carboxylic acids is 1. The van der Waals surface area contributed by atoms with Gasteiger partial charge in [0.15, 0.2) is 12.4 Å². The summed E-state index contributed by atoms with van der Waals surface area (Å²) in [4.78, 5) is 12.6. The largest absolute Gasteiger partial charge is 0.474 e. The lowest BCUT2D eigenvalue weighted by molar-refractivity contribution is -0.786. The summed E-state index contributed by atoms with van der Waals surface area (Å²) in [6.45, 7) is 1.23. The lowest BCUT2D eigenvalue weighted by Crippen LogP contribution is -2.58. The molecule has 0 amide bonds. The third kappa shape index (κ3) is 2.24. The quantitative estimate of drug-likeness (QED) is 0.679. The second-order valence-electron chi connectivity index (χ2n) is 3.68. The SMILES string of the molecule is CN(C)c1cc[n+](C(C)(O)C(=O)O)cc1. The molecule has 0 radical (unpaired) electrons. The minimum atomic E-state index is -1.91. The Morgan fingerprint density at radius 3 is 2.20 bits per heavy atom. The number of rotatable bonds is 3. The van der Waals surface area contributed by atoms with E-state index < -0.39 is 11.7 Å². The maximum absolute atomic E-state index is 10.8. The van der Waals surface area contributed by atoms with E-state index >= 15 is 0 Å². The number of anilines is 1. The molecule has 15 heavy (non-hydrogen) atoms. The summed E-state index contributed by atoms with van der Waals surface area (Å²) >= 11 is 0. The Balaban J connectivity index is 3.04. The van der Waals surface area contributed by atoms with Gasteiger partial charge < -0.3 is 15.1 Å². The summed E-state index contributed by atoms with van der Waals surface area (Å²) in [5, 5.41) is 18.4. The van der Waals surface area contributed by atoms with Crippen molar-refractivity contribution in [2.75, 3.05) is 19.0 Å². The summed E-state index contributed by atoms with van der Waals surface area (Å²) in [5.74, 6) is -1.29. The highest BCUT2D eigenvalue weighted by Gasteiger charge is 2.40. The van der Waals surface area contributed by atoms with Crippen molar-refractivity contribution < 1.29 is 19.6 Å². The number of carbonyl (C=O) groups is 1. The molecule has 5 nitrogen and oxygen atoms in total. The van der Waals surface area contributed by atoms with E-state index in [2.05, 4.69) is 0 Å². The van der Waals surface area contributed by atoms with Gasteiger partial charge in [0.25, 0.3) is 0 Å². The zero-order chi connectivity index (χ0) is 11.6. The topological polar surface area (TPSA) is 64.7 Å². The maximum atomic E-state index is 10.8. The van der Waals surface area contributed by atoms with Crippen molar-refractivity contribution in [3.05, 3.63) is 24.5 Å². The van der Waals surface area contributed by atoms with E-state index in [1.807, 2.05) is 19.0 Å². The van der Waals surface area contributed by atoms with Crippen molar-refractivity contribution in [3.63, 3.8) is 0 Å². The van der Waals surface area contributed by atoms with E-state index in [4.69, 9.17) is 5.11 Å². The lowest BCUT2D eigenvalue weighted by atomic mass is 10.2. The van der Waals surface area contributed by atoms with Crippen LogP contribution in [0.5, 0.6) is 0 Å². The Morgan fingerprint density at radius 1 is 1.40 bits per heavy atom. The number of pyridine rings is 1. The molecule has 0 aliphatic heterocycles. The van der Waals surface area contributed by atoms with Gasteiger partial charge in [-0.05, 0) is 0 Å². The maximum Gasteiger partial charge on any atom is 0.406 e. The molecule has 1 aromatic heterocycles. The average molecular weight is 211 g/mol. The summed E-state index contributed by atoms with van der Waals surface area (Å²) in [6.07, 6.45) is 3.06. The van der Waals surface area contributed by atoms with Crippen LogP contribution in [-0.2, 0) is 10.5 Å². The molecule has 5 heteroatoms. The molecule has 0 aromatic carbocycles. The van der Waals surface area contributed by atoms with E-state index in [1.165, 1.54) is 23.9 Å². The monoisotopic (exact) mass is 211 g/mol. The van der Waals surface area contributed by atoms with Crippen LogP contribution in [0.25, 0.3) is 0 Å². The fourth-order valence-electron chi connectivity index (χ4n) is 1.12. The lowest BCUT2D eigenvalue weighted by Gasteiger charge is -2.14. The first kappa shape index (κ1) is 11.5. The number of nitrogens with zero attached hydrogens (tertiary/aromatic N) is 2. The molecule has 1 heterocycles. The molecule has 2 N–H and O–H groups in total. The van der Waals surface area contributed by atoms with Gasteiger partial charge in [0.2, 0.25) is 0 Å². The van der Waals surface area contributed by atoms with Gasteiger partial charge in [-0.3, -0.25) is 0 Å². The highest BCUT2D eigenvalue weighted by molar-refractivity contribution is 5.71. The average Bonchev–Trinajstić information content (AvgIpc) is 2.17. The Bertz CT molecular complexity index is 357. The minimum Gasteiger partial charge on any atom is -0.474 e.